The molecule has 0 aliphatic carbocycles. The van der Waals surface area contributed by atoms with Crippen molar-refractivity contribution in [3.63, 3.8) is 0 Å². The number of hydrogen-bond acceptors (Lipinski definition) is 4. The van der Waals surface area contributed by atoms with Gasteiger partial charge in [-0.05, 0) is 50.8 Å². The maximum atomic E-state index is 12.6. The summed E-state index contributed by atoms with van der Waals surface area (Å²) in [5.74, 6) is 0. The van der Waals surface area contributed by atoms with Gasteiger partial charge in [0.25, 0.3) is 0 Å². The molecule has 1 fully saturated rings. The van der Waals surface area contributed by atoms with Gasteiger partial charge in [-0.25, -0.2) is 4.79 Å². The second kappa shape index (κ2) is 6.40. The highest BCUT2D eigenvalue weighted by Crippen LogP contribution is 2.33. The molecule has 126 valence electrons. The quantitative estimate of drug-likeness (QED) is 0.836. The van der Waals surface area contributed by atoms with Crippen molar-refractivity contribution in [2.45, 2.75) is 45.3 Å². The molecule has 1 unspecified atom stereocenters. The monoisotopic (exact) mass is 317 g/mol. The van der Waals surface area contributed by atoms with E-state index in [2.05, 4.69) is 28.8 Å². The van der Waals surface area contributed by atoms with Crippen molar-refractivity contribution in [1.82, 2.24) is 10.2 Å². The first kappa shape index (κ1) is 16.1. The summed E-state index contributed by atoms with van der Waals surface area (Å²) in [4.78, 5) is 14.5. The summed E-state index contributed by atoms with van der Waals surface area (Å²) < 4.78 is 5.62. The summed E-state index contributed by atoms with van der Waals surface area (Å²) >= 11 is 0. The van der Waals surface area contributed by atoms with Gasteiger partial charge >= 0.3 is 6.09 Å². The SMILES string of the molecule is CC(C)(C)OC(=O)N1CCNCC1c1cccc2c1CCCN2. The Bertz CT molecular complexity index is 580. The van der Waals surface area contributed by atoms with Gasteiger partial charge in [0.2, 0.25) is 0 Å². The highest BCUT2D eigenvalue weighted by molar-refractivity contribution is 5.70. The zero-order valence-corrected chi connectivity index (χ0v) is 14.3. The average molecular weight is 317 g/mol. The van der Waals surface area contributed by atoms with Crippen LogP contribution in [0.2, 0.25) is 0 Å². The normalized spacial score (nSPS) is 21.3. The number of nitrogens with one attached hydrogen (secondary N) is 2. The summed E-state index contributed by atoms with van der Waals surface area (Å²) in [7, 11) is 0. The molecule has 23 heavy (non-hydrogen) atoms. The van der Waals surface area contributed by atoms with Gasteiger partial charge in [-0.15, -0.1) is 0 Å². The lowest BCUT2D eigenvalue weighted by Crippen LogP contribution is -2.50. The third-order valence-corrected chi connectivity index (χ3v) is 4.36. The molecule has 2 N–H and O–H groups in total. The molecule has 1 saturated heterocycles. The van der Waals surface area contributed by atoms with Crippen LogP contribution >= 0.6 is 0 Å². The zero-order valence-electron chi connectivity index (χ0n) is 14.3. The number of amides is 1. The minimum absolute atomic E-state index is 0.0356. The highest BCUT2D eigenvalue weighted by Gasteiger charge is 2.33. The van der Waals surface area contributed by atoms with Crippen LogP contribution in [-0.4, -0.2) is 42.8 Å². The fourth-order valence-electron chi connectivity index (χ4n) is 3.37. The predicted molar refractivity (Wildman–Crippen MR) is 91.8 cm³/mol. The molecule has 5 nitrogen and oxygen atoms in total. The smallest absolute Gasteiger partial charge is 0.410 e. The zero-order chi connectivity index (χ0) is 16.4. The number of ether oxygens (including phenoxy) is 1. The van der Waals surface area contributed by atoms with Crippen LogP contribution in [0.3, 0.4) is 0 Å². The van der Waals surface area contributed by atoms with Gasteiger partial charge in [-0.2, -0.15) is 0 Å². The number of piperazine rings is 1. The van der Waals surface area contributed by atoms with Crippen LogP contribution < -0.4 is 10.6 Å². The average Bonchev–Trinajstić information content (AvgIpc) is 2.53. The third-order valence-electron chi connectivity index (χ3n) is 4.36. The molecule has 2 aliphatic heterocycles. The van der Waals surface area contributed by atoms with Crippen LogP contribution in [0.1, 0.15) is 44.4 Å². The third kappa shape index (κ3) is 3.61. The molecule has 1 aromatic carbocycles. The number of rotatable bonds is 1. The van der Waals surface area contributed by atoms with Crippen molar-refractivity contribution in [2.24, 2.45) is 0 Å². The van der Waals surface area contributed by atoms with E-state index in [1.807, 2.05) is 25.7 Å². The van der Waals surface area contributed by atoms with Crippen LogP contribution in [0.5, 0.6) is 0 Å². The van der Waals surface area contributed by atoms with E-state index < -0.39 is 5.60 Å². The highest BCUT2D eigenvalue weighted by atomic mass is 16.6. The van der Waals surface area contributed by atoms with E-state index in [0.717, 1.165) is 32.5 Å². The van der Waals surface area contributed by atoms with Crippen LogP contribution in [0.4, 0.5) is 10.5 Å². The maximum absolute atomic E-state index is 12.6. The van der Waals surface area contributed by atoms with Crippen molar-refractivity contribution in [3.8, 4) is 0 Å². The van der Waals surface area contributed by atoms with E-state index in [1.165, 1.54) is 16.8 Å². The number of fused-ring (bicyclic) bond motifs is 1. The molecule has 1 atom stereocenters. The summed E-state index contributed by atoms with van der Waals surface area (Å²) in [5, 5.41) is 6.89. The lowest BCUT2D eigenvalue weighted by Gasteiger charge is -2.38. The fraction of sp³-hybridized carbons (Fsp3) is 0.611. The summed E-state index contributed by atoms with van der Waals surface area (Å²) in [6.07, 6.45) is 1.98. The van der Waals surface area contributed by atoms with Crippen LogP contribution in [0.25, 0.3) is 0 Å². The molecule has 0 aromatic heterocycles. The second-order valence-electron chi connectivity index (χ2n) is 7.30. The Morgan fingerprint density at radius 2 is 2.13 bits per heavy atom. The first-order chi connectivity index (χ1) is 11.0. The van der Waals surface area contributed by atoms with Crippen molar-refractivity contribution in [1.29, 1.82) is 0 Å². The Morgan fingerprint density at radius 1 is 1.30 bits per heavy atom. The summed E-state index contributed by atoms with van der Waals surface area (Å²) in [6, 6.07) is 6.40. The fourth-order valence-corrected chi connectivity index (χ4v) is 3.37. The first-order valence-corrected chi connectivity index (χ1v) is 8.52. The molecule has 3 rings (SSSR count). The molecule has 2 aliphatic rings. The Morgan fingerprint density at radius 3 is 2.91 bits per heavy atom. The maximum Gasteiger partial charge on any atom is 0.410 e. The van der Waals surface area contributed by atoms with Gasteiger partial charge in [0.15, 0.2) is 0 Å². The van der Waals surface area contributed by atoms with Crippen molar-refractivity contribution < 1.29 is 9.53 Å². The standard InChI is InChI=1S/C18H27N3O2/c1-18(2,3)23-17(22)21-11-10-19-12-16(21)14-6-4-8-15-13(14)7-5-9-20-15/h4,6,8,16,19-20H,5,7,9-12H2,1-3H3. The number of hydrogen-bond donors (Lipinski definition) is 2. The Labute approximate surface area is 138 Å². The van der Waals surface area contributed by atoms with Gasteiger partial charge in [0.05, 0.1) is 6.04 Å². The van der Waals surface area contributed by atoms with E-state index in [4.69, 9.17) is 4.74 Å². The minimum atomic E-state index is -0.468. The number of anilines is 1. The molecule has 0 radical (unpaired) electrons. The van der Waals surface area contributed by atoms with Gasteiger partial charge in [-0.3, -0.25) is 4.90 Å². The Kier molecular flexibility index (Phi) is 4.48. The Hall–Kier alpha value is -1.75. The van der Waals surface area contributed by atoms with Crippen LogP contribution in [-0.2, 0) is 11.2 Å². The van der Waals surface area contributed by atoms with Gasteiger partial charge in [-0.1, -0.05) is 12.1 Å². The van der Waals surface area contributed by atoms with Gasteiger partial charge in [0.1, 0.15) is 5.60 Å². The first-order valence-electron chi connectivity index (χ1n) is 8.52. The summed E-state index contributed by atoms with van der Waals surface area (Å²) in [5.41, 5.74) is 3.33. The molecule has 2 heterocycles. The molecular formula is C18H27N3O2. The lowest BCUT2D eigenvalue weighted by atomic mass is 9.92. The number of benzene rings is 1. The topological polar surface area (TPSA) is 53.6 Å². The molecular weight excluding hydrogens is 290 g/mol. The molecule has 0 bridgehead atoms. The van der Waals surface area contributed by atoms with Crippen LogP contribution in [0, 0.1) is 0 Å². The van der Waals surface area contributed by atoms with Crippen molar-refractivity contribution >= 4 is 11.8 Å². The number of nitrogens with zero attached hydrogens (tertiary/aromatic N) is 1. The van der Waals surface area contributed by atoms with E-state index in [1.54, 1.807) is 0 Å². The van der Waals surface area contributed by atoms with E-state index >= 15 is 0 Å². The van der Waals surface area contributed by atoms with Gasteiger partial charge < -0.3 is 15.4 Å². The van der Waals surface area contributed by atoms with Gasteiger partial charge in [0, 0.05) is 31.9 Å². The Balaban J connectivity index is 1.89. The molecule has 0 saturated carbocycles. The van der Waals surface area contributed by atoms with Crippen LogP contribution in [0.15, 0.2) is 18.2 Å². The van der Waals surface area contributed by atoms with E-state index in [-0.39, 0.29) is 12.1 Å². The number of carbonyl (C=O) groups excluding carboxylic acids is 1. The molecule has 5 heteroatoms. The molecule has 1 aromatic rings. The number of carbonyl (C=O) groups is 1. The van der Waals surface area contributed by atoms with E-state index in [0.29, 0.717) is 6.54 Å². The minimum Gasteiger partial charge on any atom is -0.444 e. The van der Waals surface area contributed by atoms with Crippen molar-refractivity contribution in [2.75, 3.05) is 31.5 Å². The predicted octanol–water partition coefficient (Wildman–Crippen LogP) is 2.93. The summed E-state index contributed by atoms with van der Waals surface area (Å²) in [6.45, 7) is 9.02. The molecule has 1 amide bonds. The lowest BCUT2D eigenvalue weighted by molar-refractivity contribution is 0.0117. The van der Waals surface area contributed by atoms with Crippen molar-refractivity contribution in [3.05, 3.63) is 29.3 Å². The largest absolute Gasteiger partial charge is 0.444 e. The molecule has 0 spiro atoms. The van der Waals surface area contributed by atoms with E-state index in [9.17, 15) is 4.79 Å². The second-order valence-corrected chi connectivity index (χ2v) is 7.30.